The number of aromatic nitrogens is 2. The number of piperidine rings is 1. The molecular weight excluding hydrogens is 262 g/mol. The van der Waals surface area contributed by atoms with Gasteiger partial charge in [0.05, 0.1) is 17.5 Å². The summed E-state index contributed by atoms with van der Waals surface area (Å²) in [6.07, 6.45) is 7.90. The van der Waals surface area contributed by atoms with E-state index < -0.39 is 0 Å². The third-order valence-corrected chi connectivity index (χ3v) is 5.38. The maximum Gasteiger partial charge on any atom is 0.112 e. The van der Waals surface area contributed by atoms with E-state index in [2.05, 4.69) is 39.7 Å². The summed E-state index contributed by atoms with van der Waals surface area (Å²) >= 11 is 0. The smallest absolute Gasteiger partial charge is 0.112 e. The molecule has 1 aromatic carbocycles. The van der Waals surface area contributed by atoms with E-state index in [1.807, 2.05) is 6.33 Å². The molecule has 2 atom stereocenters. The topological polar surface area (TPSA) is 41.3 Å². The number of aliphatic hydroxyl groups is 1. The molecule has 0 radical (unpaired) electrons. The van der Waals surface area contributed by atoms with E-state index in [1.165, 1.54) is 36.9 Å². The molecule has 4 heteroatoms. The van der Waals surface area contributed by atoms with Gasteiger partial charge in [0.2, 0.25) is 0 Å². The number of nitrogens with zero attached hydrogens (tertiary/aromatic N) is 3. The molecule has 0 aliphatic carbocycles. The molecule has 21 heavy (non-hydrogen) atoms. The molecule has 2 fully saturated rings. The molecule has 4 rings (SSSR count). The highest BCUT2D eigenvalue weighted by molar-refractivity contribution is 5.89. The van der Waals surface area contributed by atoms with Crippen molar-refractivity contribution in [1.82, 2.24) is 9.55 Å². The van der Waals surface area contributed by atoms with Gasteiger partial charge in [0, 0.05) is 25.7 Å². The van der Waals surface area contributed by atoms with Crippen molar-refractivity contribution in [3.63, 3.8) is 0 Å². The van der Waals surface area contributed by atoms with Crippen LogP contribution < -0.4 is 4.90 Å². The van der Waals surface area contributed by atoms with Gasteiger partial charge in [0.1, 0.15) is 5.52 Å². The number of rotatable bonds is 3. The molecule has 2 aromatic rings. The summed E-state index contributed by atoms with van der Waals surface area (Å²) in [5.41, 5.74) is 3.66. The molecule has 2 unspecified atom stereocenters. The summed E-state index contributed by atoms with van der Waals surface area (Å²) < 4.78 is 2.10. The van der Waals surface area contributed by atoms with E-state index in [-0.39, 0.29) is 0 Å². The van der Waals surface area contributed by atoms with Crippen molar-refractivity contribution in [2.45, 2.75) is 44.2 Å². The lowest BCUT2D eigenvalue weighted by Crippen LogP contribution is -2.43. The van der Waals surface area contributed by atoms with E-state index >= 15 is 0 Å². The minimum atomic E-state index is 0.333. The number of aryl methyl sites for hydroxylation is 1. The Bertz CT molecular complexity index is 637. The third-order valence-electron chi connectivity index (χ3n) is 5.38. The first-order valence-electron chi connectivity index (χ1n) is 8.07. The highest BCUT2D eigenvalue weighted by atomic mass is 16.3. The summed E-state index contributed by atoms with van der Waals surface area (Å²) in [5, 5.41) is 9.21. The number of hydrogen-bond acceptors (Lipinski definition) is 3. The Morgan fingerprint density at radius 3 is 2.71 bits per heavy atom. The number of aliphatic hydroxyl groups excluding tert-OH is 1. The van der Waals surface area contributed by atoms with Crippen LogP contribution in [0.5, 0.6) is 0 Å². The Labute approximate surface area is 125 Å². The van der Waals surface area contributed by atoms with Crippen LogP contribution in [0.2, 0.25) is 0 Å². The monoisotopic (exact) mass is 285 g/mol. The molecule has 2 saturated heterocycles. The minimum Gasteiger partial charge on any atom is -0.396 e. The fourth-order valence-electron chi connectivity index (χ4n) is 4.45. The quantitative estimate of drug-likeness (QED) is 0.942. The van der Waals surface area contributed by atoms with Crippen molar-refractivity contribution in [2.24, 2.45) is 13.0 Å². The summed E-state index contributed by atoms with van der Waals surface area (Å²) in [5.74, 6) is 0.701. The van der Waals surface area contributed by atoms with Gasteiger partial charge in [-0.1, -0.05) is 6.07 Å². The molecule has 0 spiro atoms. The second kappa shape index (κ2) is 5.02. The molecule has 2 aliphatic rings. The normalized spacial score (nSPS) is 28.5. The molecule has 4 nitrogen and oxygen atoms in total. The molecule has 1 aromatic heterocycles. The predicted octanol–water partition coefficient (Wildman–Crippen LogP) is 2.70. The van der Waals surface area contributed by atoms with Crippen LogP contribution in [-0.2, 0) is 7.05 Å². The summed E-state index contributed by atoms with van der Waals surface area (Å²) in [4.78, 5) is 7.25. The highest BCUT2D eigenvalue weighted by Crippen LogP contribution is 2.44. The molecule has 1 N–H and O–H groups in total. The first kappa shape index (κ1) is 13.1. The van der Waals surface area contributed by atoms with Crippen LogP contribution in [0.4, 0.5) is 5.69 Å². The Kier molecular flexibility index (Phi) is 3.14. The van der Waals surface area contributed by atoms with Crippen LogP contribution in [0.1, 0.15) is 32.1 Å². The number of para-hydroxylation sites is 1. The molecule has 3 heterocycles. The maximum atomic E-state index is 9.21. The van der Waals surface area contributed by atoms with Gasteiger partial charge in [0.25, 0.3) is 0 Å². The van der Waals surface area contributed by atoms with Crippen LogP contribution in [0.3, 0.4) is 0 Å². The van der Waals surface area contributed by atoms with Crippen molar-refractivity contribution in [3.05, 3.63) is 24.5 Å². The van der Waals surface area contributed by atoms with Gasteiger partial charge in [0.15, 0.2) is 0 Å². The number of benzene rings is 1. The first-order chi connectivity index (χ1) is 10.3. The fourth-order valence-corrected chi connectivity index (χ4v) is 4.45. The van der Waals surface area contributed by atoms with Gasteiger partial charge in [-0.2, -0.15) is 0 Å². The molecule has 112 valence electrons. The number of anilines is 1. The molecule has 0 saturated carbocycles. The summed E-state index contributed by atoms with van der Waals surface area (Å²) in [7, 11) is 2.06. The van der Waals surface area contributed by atoms with Crippen molar-refractivity contribution in [2.75, 3.05) is 11.5 Å². The summed E-state index contributed by atoms with van der Waals surface area (Å²) in [6, 6.07) is 7.79. The Balaban J connectivity index is 1.70. The lowest BCUT2D eigenvalue weighted by atomic mass is 9.88. The van der Waals surface area contributed by atoms with Crippen molar-refractivity contribution >= 4 is 16.7 Å². The number of imidazole rings is 1. The zero-order valence-electron chi connectivity index (χ0n) is 12.6. The largest absolute Gasteiger partial charge is 0.396 e. The third kappa shape index (κ3) is 2.04. The van der Waals surface area contributed by atoms with Gasteiger partial charge < -0.3 is 14.6 Å². The van der Waals surface area contributed by atoms with E-state index in [0.717, 1.165) is 11.9 Å². The van der Waals surface area contributed by atoms with Crippen LogP contribution in [0.25, 0.3) is 11.0 Å². The van der Waals surface area contributed by atoms with Crippen LogP contribution in [0.15, 0.2) is 24.5 Å². The Hall–Kier alpha value is -1.55. The lowest BCUT2D eigenvalue weighted by molar-refractivity contribution is 0.226. The second-order valence-electron chi connectivity index (χ2n) is 6.64. The average molecular weight is 285 g/mol. The minimum absolute atomic E-state index is 0.333. The van der Waals surface area contributed by atoms with E-state index in [0.29, 0.717) is 24.6 Å². The SMILES string of the molecule is Cn1cnc2c(N3C4CCC3CC(CCO)C4)cccc21. The number of fused-ring (bicyclic) bond motifs is 3. The summed E-state index contributed by atoms with van der Waals surface area (Å²) in [6.45, 7) is 0.333. The zero-order chi connectivity index (χ0) is 14.4. The standard InChI is InChI=1S/C17H23N3O/c1-19-11-18-17-15(19)3-2-4-16(17)20-13-5-6-14(20)10-12(9-13)7-8-21/h2-4,11-14,21H,5-10H2,1H3. The van der Waals surface area contributed by atoms with Gasteiger partial charge in [-0.05, 0) is 50.2 Å². The lowest BCUT2D eigenvalue weighted by Gasteiger charge is -2.40. The maximum absolute atomic E-state index is 9.21. The van der Waals surface area contributed by atoms with Crippen molar-refractivity contribution in [1.29, 1.82) is 0 Å². The van der Waals surface area contributed by atoms with Crippen LogP contribution in [0, 0.1) is 5.92 Å². The van der Waals surface area contributed by atoms with E-state index in [9.17, 15) is 5.11 Å². The molecule has 2 aliphatic heterocycles. The fraction of sp³-hybridized carbons (Fsp3) is 0.588. The highest BCUT2D eigenvalue weighted by Gasteiger charge is 2.41. The van der Waals surface area contributed by atoms with Crippen LogP contribution >= 0.6 is 0 Å². The van der Waals surface area contributed by atoms with Gasteiger partial charge >= 0.3 is 0 Å². The van der Waals surface area contributed by atoms with Crippen molar-refractivity contribution in [3.8, 4) is 0 Å². The van der Waals surface area contributed by atoms with Gasteiger partial charge in [-0.3, -0.25) is 0 Å². The Morgan fingerprint density at radius 1 is 1.24 bits per heavy atom. The van der Waals surface area contributed by atoms with Crippen LogP contribution in [-0.4, -0.2) is 33.3 Å². The second-order valence-corrected chi connectivity index (χ2v) is 6.64. The molecule has 2 bridgehead atoms. The molecular formula is C17H23N3O. The first-order valence-corrected chi connectivity index (χ1v) is 8.07. The predicted molar refractivity (Wildman–Crippen MR) is 84.4 cm³/mol. The van der Waals surface area contributed by atoms with Gasteiger partial charge in [-0.15, -0.1) is 0 Å². The van der Waals surface area contributed by atoms with E-state index in [4.69, 9.17) is 0 Å². The zero-order valence-corrected chi connectivity index (χ0v) is 12.6. The molecule has 0 amide bonds. The van der Waals surface area contributed by atoms with E-state index in [1.54, 1.807) is 0 Å². The Morgan fingerprint density at radius 2 is 2.00 bits per heavy atom. The number of hydrogen-bond donors (Lipinski definition) is 1. The van der Waals surface area contributed by atoms with Crippen molar-refractivity contribution < 1.29 is 5.11 Å². The average Bonchev–Trinajstić information content (AvgIpc) is 2.98. The van der Waals surface area contributed by atoms with Gasteiger partial charge in [-0.25, -0.2) is 4.98 Å².